The molecule has 0 saturated heterocycles. The number of hydrogen-bond acceptors (Lipinski definition) is 4. The molecule has 0 aliphatic carbocycles. The van der Waals surface area contributed by atoms with E-state index in [2.05, 4.69) is 10.9 Å². The van der Waals surface area contributed by atoms with Crippen molar-refractivity contribution in [3.63, 3.8) is 0 Å². The number of benzene rings is 2. The Morgan fingerprint density at radius 2 is 1.75 bits per heavy atom. The van der Waals surface area contributed by atoms with E-state index in [1.165, 1.54) is 12.1 Å². The summed E-state index contributed by atoms with van der Waals surface area (Å²) in [7, 11) is 0. The van der Waals surface area contributed by atoms with Crippen molar-refractivity contribution in [3.8, 4) is 0 Å². The summed E-state index contributed by atoms with van der Waals surface area (Å²) in [5, 5.41) is 10.8. The maximum Gasteiger partial charge on any atom is 0.294 e. The minimum absolute atomic E-state index is 0.100. The summed E-state index contributed by atoms with van der Waals surface area (Å²) in [6.45, 7) is 1.92. The average molecular weight is 271 g/mol. The van der Waals surface area contributed by atoms with Crippen LogP contribution in [0.5, 0.6) is 0 Å². The van der Waals surface area contributed by atoms with Crippen LogP contribution in [0.3, 0.4) is 0 Å². The van der Waals surface area contributed by atoms with Crippen molar-refractivity contribution >= 4 is 17.3 Å². The van der Waals surface area contributed by atoms with Gasteiger partial charge in [-0.15, -0.1) is 0 Å². The van der Waals surface area contributed by atoms with Crippen LogP contribution in [0.4, 0.5) is 11.4 Å². The van der Waals surface area contributed by atoms with Crippen LogP contribution in [-0.4, -0.2) is 10.8 Å². The van der Waals surface area contributed by atoms with E-state index in [-0.39, 0.29) is 17.3 Å². The second kappa shape index (κ2) is 5.83. The number of amides is 1. The van der Waals surface area contributed by atoms with E-state index in [9.17, 15) is 14.9 Å². The number of nitrogens with one attached hydrogen (secondary N) is 2. The van der Waals surface area contributed by atoms with E-state index in [0.29, 0.717) is 5.56 Å². The molecule has 0 atom stereocenters. The number of carbonyl (C=O) groups excluding carboxylic acids is 1. The van der Waals surface area contributed by atoms with Gasteiger partial charge in [0.25, 0.3) is 11.6 Å². The zero-order valence-corrected chi connectivity index (χ0v) is 10.8. The highest BCUT2D eigenvalue weighted by Crippen LogP contribution is 2.22. The molecule has 0 fully saturated rings. The first-order chi connectivity index (χ1) is 9.58. The molecule has 2 N–H and O–H groups in total. The van der Waals surface area contributed by atoms with Crippen molar-refractivity contribution in [2.75, 3.05) is 5.43 Å². The van der Waals surface area contributed by atoms with Crippen LogP contribution < -0.4 is 10.9 Å². The van der Waals surface area contributed by atoms with Crippen LogP contribution >= 0.6 is 0 Å². The summed E-state index contributed by atoms with van der Waals surface area (Å²) in [6.07, 6.45) is 0. The molecule has 2 aromatic carbocycles. The smallest absolute Gasteiger partial charge is 0.292 e. The molecular weight excluding hydrogens is 258 g/mol. The number of anilines is 1. The lowest BCUT2D eigenvalue weighted by atomic mass is 10.1. The summed E-state index contributed by atoms with van der Waals surface area (Å²) >= 11 is 0. The summed E-state index contributed by atoms with van der Waals surface area (Å²) in [5.74, 6) is -0.358. The van der Waals surface area contributed by atoms with Gasteiger partial charge < -0.3 is 0 Å². The van der Waals surface area contributed by atoms with Crippen LogP contribution in [0.15, 0.2) is 48.5 Å². The molecule has 0 aliphatic heterocycles. The predicted molar refractivity (Wildman–Crippen MR) is 75.4 cm³/mol. The third kappa shape index (κ3) is 3.11. The van der Waals surface area contributed by atoms with Gasteiger partial charge in [-0.1, -0.05) is 29.8 Å². The van der Waals surface area contributed by atoms with Gasteiger partial charge in [0.1, 0.15) is 5.69 Å². The number of nitro groups is 1. The Balaban J connectivity index is 2.07. The van der Waals surface area contributed by atoms with Crippen molar-refractivity contribution in [2.45, 2.75) is 6.92 Å². The van der Waals surface area contributed by atoms with E-state index >= 15 is 0 Å². The standard InChI is InChI=1S/C14H13N3O3/c1-10-6-8-11(9-7-10)14(18)16-15-12-4-2-3-5-13(12)17(19)20/h2-9,15H,1H3,(H,16,18). The van der Waals surface area contributed by atoms with Crippen LogP contribution in [0.25, 0.3) is 0 Å². The van der Waals surface area contributed by atoms with Gasteiger partial charge in [0.05, 0.1) is 4.92 Å². The minimum atomic E-state index is -0.514. The monoisotopic (exact) mass is 271 g/mol. The molecule has 0 bridgehead atoms. The lowest BCUT2D eigenvalue weighted by Crippen LogP contribution is -2.29. The molecule has 102 valence electrons. The average Bonchev–Trinajstić information content (AvgIpc) is 2.45. The molecule has 6 nitrogen and oxygen atoms in total. The van der Waals surface area contributed by atoms with Gasteiger partial charge in [0.15, 0.2) is 0 Å². The minimum Gasteiger partial charge on any atom is -0.292 e. The fourth-order valence-corrected chi connectivity index (χ4v) is 1.64. The van der Waals surface area contributed by atoms with E-state index in [4.69, 9.17) is 0 Å². The molecule has 0 spiro atoms. The van der Waals surface area contributed by atoms with Crippen molar-refractivity contribution < 1.29 is 9.72 Å². The fourth-order valence-electron chi connectivity index (χ4n) is 1.64. The van der Waals surface area contributed by atoms with Gasteiger partial charge in [0.2, 0.25) is 0 Å². The first-order valence-electron chi connectivity index (χ1n) is 5.94. The van der Waals surface area contributed by atoms with Gasteiger partial charge in [-0.25, -0.2) is 0 Å². The van der Waals surface area contributed by atoms with E-state index in [1.54, 1.807) is 24.3 Å². The molecule has 6 heteroatoms. The second-order valence-corrected chi connectivity index (χ2v) is 4.22. The summed E-state index contributed by atoms with van der Waals surface area (Å²) in [5.41, 5.74) is 6.66. The lowest BCUT2D eigenvalue weighted by molar-refractivity contribution is -0.384. The number of hydrogen-bond donors (Lipinski definition) is 2. The summed E-state index contributed by atoms with van der Waals surface area (Å²) in [6, 6.07) is 13.1. The quantitative estimate of drug-likeness (QED) is 0.661. The zero-order chi connectivity index (χ0) is 14.5. The van der Waals surface area contributed by atoms with Crippen LogP contribution in [0.2, 0.25) is 0 Å². The van der Waals surface area contributed by atoms with Crippen molar-refractivity contribution in [2.24, 2.45) is 0 Å². The molecule has 0 saturated carbocycles. The molecule has 20 heavy (non-hydrogen) atoms. The van der Waals surface area contributed by atoms with Gasteiger partial charge in [-0.2, -0.15) is 0 Å². The number of para-hydroxylation sites is 2. The van der Waals surface area contributed by atoms with E-state index in [1.807, 2.05) is 19.1 Å². The van der Waals surface area contributed by atoms with Crippen LogP contribution in [-0.2, 0) is 0 Å². The lowest BCUT2D eigenvalue weighted by Gasteiger charge is -2.08. The maximum atomic E-state index is 11.9. The van der Waals surface area contributed by atoms with E-state index in [0.717, 1.165) is 5.56 Å². The highest BCUT2D eigenvalue weighted by atomic mass is 16.6. The van der Waals surface area contributed by atoms with Gasteiger partial charge >= 0.3 is 0 Å². The largest absolute Gasteiger partial charge is 0.294 e. The topological polar surface area (TPSA) is 84.3 Å². The number of rotatable bonds is 4. The molecule has 0 unspecified atom stereocenters. The molecular formula is C14H13N3O3. The molecule has 0 aliphatic rings. The van der Waals surface area contributed by atoms with E-state index < -0.39 is 4.92 Å². The molecule has 2 rings (SSSR count). The highest BCUT2D eigenvalue weighted by molar-refractivity contribution is 5.95. The Morgan fingerprint density at radius 3 is 2.40 bits per heavy atom. The first-order valence-corrected chi connectivity index (χ1v) is 5.94. The Morgan fingerprint density at radius 1 is 1.10 bits per heavy atom. The zero-order valence-electron chi connectivity index (χ0n) is 10.8. The van der Waals surface area contributed by atoms with Crippen LogP contribution in [0.1, 0.15) is 15.9 Å². The number of carbonyl (C=O) groups is 1. The Labute approximate surface area is 115 Å². The molecule has 0 aromatic heterocycles. The third-order valence-corrected chi connectivity index (χ3v) is 2.73. The van der Waals surface area contributed by atoms with Crippen molar-refractivity contribution in [1.82, 2.24) is 5.43 Å². The van der Waals surface area contributed by atoms with Gasteiger partial charge in [-0.05, 0) is 25.1 Å². The maximum absolute atomic E-state index is 11.9. The molecule has 0 radical (unpaired) electrons. The number of hydrazine groups is 1. The first kappa shape index (κ1) is 13.5. The molecule has 0 heterocycles. The summed E-state index contributed by atoms with van der Waals surface area (Å²) in [4.78, 5) is 22.2. The third-order valence-electron chi connectivity index (χ3n) is 2.73. The fraction of sp³-hybridized carbons (Fsp3) is 0.0714. The SMILES string of the molecule is Cc1ccc(C(=O)NNc2ccccc2[N+](=O)[O-])cc1. The van der Waals surface area contributed by atoms with Gasteiger partial charge in [0, 0.05) is 11.6 Å². The predicted octanol–water partition coefficient (Wildman–Crippen LogP) is 2.66. The van der Waals surface area contributed by atoms with Crippen molar-refractivity contribution in [3.05, 3.63) is 69.8 Å². The van der Waals surface area contributed by atoms with Gasteiger partial charge in [-0.3, -0.25) is 25.8 Å². The Hall–Kier alpha value is -2.89. The Bertz CT molecular complexity index is 638. The van der Waals surface area contributed by atoms with Crippen molar-refractivity contribution in [1.29, 1.82) is 0 Å². The number of nitro benzene ring substituents is 1. The number of nitrogens with zero attached hydrogens (tertiary/aromatic N) is 1. The van der Waals surface area contributed by atoms with Crippen LogP contribution in [0, 0.1) is 17.0 Å². The second-order valence-electron chi connectivity index (χ2n) is 4.22. The normalized spacial score (nSPS) is 9.85. The highest BCUT2D eigenvalue weighted by Gasteiger charge is 2.13. The Kier molecular flexibility index (Phi) is 3.95. The summed E-state index contributed by atoms with van der Waals surface area (Å²) < 4.78 is 0. The molecule has 2 aromatic rings. The number of aryl methyl sites for hydroxylation is 1. The molecule has 1 amide bonds.